The summed E-state index contributed by atoms with van der Waals surface area (Å²) in [5.41, 5.74) is 3.19. The summed E-state index contributed by atoms with van der Waals surface area (Å²) in [7, 11) is 1.80. The molecule has 1 atom stereocenters. The van der Waals surface area contributed by atoms with Gasteiger partial charge in [0, 0.05) is 42.6 Å². The maximum atomic E-state index is 12.5. The highest BCUT2D eigenvalue weighted by molar-refractivity contribution is 6.35. The quantitative estimate of drug-likeness (QED) is 0.784. The number of carbonyl (C=O) groups excluding carboxylic acids is 3. The van der Waals surface area contributed by atoms with Crippen LogP contribution >= 0.6 is 0 Å². The van der Waals surface area contributed by atoms with Crippen molar-refractivity contribution in [2.75, 3.05) is 11.4 Å². The summed E-state index contributed by atoms with van der Waals surface area (Å²) in [6.07, 6.45) is 1.64. The molecule has 1 aromatic carbocycles. The van der Waals surface area contributed by atoms with Gasteiger partial charge in [-0.25, -0.2) is 0 Å². The van der Waals surface area contributed by atoms with Gasteiger partial charge in [0.25, 0.3) is 5.91 Å². The number of rotatable bonds is 4. The second-order valence-corrected chi connectivity index (χ2v) is 6.11. The zero-order chi connectivity index (χ0) is 18.8. The minimum absolute atomic E-state index is 0.197. The third-order valence-corrected chi connectivity index (χ3v) is 4.63. The number of nitrogens with one attached hydrogen (secondary N) is 2. The minimum Gasteiger partial charge on any atom is -0.344 e. The zero-order valence-electron chi connectivity index (χ0n) is 14.9. The lowest BCUT2D eigenvalue weighted by Crippen LogP contribution is -2.44. The average molecular weight is 355 g/mol. The minimum atomic E-state index is -0.843. The molecule has 2 aromatic rings. The molecule has 1 aliphatic rings. The fourth-order valence-corrected chi connectivity index (χ4v) is 3.02. The number of amides is 3. The Morgan fingerprint density at radius 2 is 1.96 bits per heavy atom. The van der Waals surface area contributed by atoms with E-state index in [1.54, 1.807) is 35.0 Å². The van der Waals surface area contributed by atoms with Crippen molar-refractivity contribution in [3.8, 4) is 0 Å². The van der Waals surface area contributed by atoms with Crippen molar-refractivity contribution in [2.24, 2.45) is 7.05 Å². The van der Waals surface area contributed by atoms with Crippen molar-refractivity contribution in [3.05, 3.63) is 47.3 Å². The average Bonchev–Trinajstić information content (AvgIpc) is 3.10. The van der Waals surface area contributed by atoms with Gasteiger partial charge in [0.05, 0.1) is 6.20 Å². The SMILES string of the molecule is CCN1C(=O)[C@H](NC(=O)C(=O)NCc2cnn(C)c2C)c2ccccc21. The third-order valence-electron chi connectivity index (χ3n) is 4.63. The first-order valence-electron chi connectivity index (χ1n) is 8.40. The first kappa shape index (κ1) is 17.7. The van der Waals surface area contributed by atoms with E-state index in [1.807, 2.05) is 26.0 Å². The van der Waals surface area contributed by atoms with Crippen molar-refractivity contribution in [1.29, 1.82) is 0 Å². The number of benzene rings is 1. The van der Waals surface area contributed by atoms with Crippen LogP contribution in [0.5, 0.6) is 0 Å². The Labute approximate surface area is 151 Å². The first-order valence-corrected chi connectivity index (χ1v) is 8.40. The molecule has 0 saturated carbocycles. The summed E-state index contributed by atoms with van der Waals surface area (Å²) in [4.78, 5) is 38.5. The maximum absolute atomic E-state index is 12.5. The standard InChI is InChI=1S/C18H21N5O3/c1-4-23-14-8-6-5-7-13(14)15(18(23)26)21-17(25)16(24)19-9-12-10-20-22(3)11(12)2/h5-8,10,15H,4,9H2,1-3H3,(H,19,24)(H,21,25)/t15-/m1/s1. The van der Waals surface area contributed by atoms with Crippen LogP contribution in [-0.2, 0) is 28.0 Å². The van der Waals surface area contributed by atoms with E-state index in [2.05, 4.69) is 15.7 Å². The van der Waals surface area contributed by atoms with Crippen molar-refractivity contribution in [2.45, 2.75) is 26.4 Å². The highest BCUT2D eigenvalue weighted by Gasteiger charge is 2.38. The normalized spacial score (nSPS) is 15.7. The van der Waals surface area contributed by atoms with Crippen LogP contribution in [0.2, 0.25) is 0 Å². The molecule has 3 amide bonds. The molecule has 8 nitrogen and oxygen atoms in total. The third kappa shape index (κ3) is 3.05. The van der Waals surface area contributed by atoms with Crippen molar-refractivity contribution in [3.63, 3.8) is 0 Å². The summed E-state index contributed by atoms with van der Waals surface area (Å²) in [6, 6.07) is 6.40. The second-order valence-electron chi connectivity index (χ2n) is 6.11. The van der Waals surface area contributed by atoms with Crippen LogP contribution in [0.3, 0.4) is 0 Å². The van der Waals surface area contributed by atoms with E-state index >= 15 is 0 Å². The van der Waals surface area contributed by atoms with Gasteiger partial charge in [-0.1, -0.05) is 18.2 Å². The topological polar surface area (TPSA) is 96.3 Å². The smallest absolute Gasteiger partial charge is 0.310 e. The lowest BCUT2D eigenvalue weighted by Gasteiger charge is -2.15. The van der Waals surface area contributed by atoms with E-state index in [-0.39, 0.29) is 12.5 Å². The van der Waals surface area contributed by atoms with Crippen LogP contribution in [0, 0.1) is 6.92 Å². The van der Waals surface area contributed by atoms with Gasteiger partial charge in [-0.15, -0.1) is 0 Å². The number of anilines is 1. The number of hydrogen-bond acceptors (Lipinski definition) is 4. The summed E-state index contributed by atoms with van der Waals surface area (Å²) in [5, 5.41) is 9.19. The molecule has 0 bridgehead atoms. The highest BCUT2D eigenvalue weighted by Crippen LogP contribution is 2.35. The number of aryl methyl sites for hydroxylation is 1. The van der Waals surface area contributed by atoms with Gasteiger partial charge in [0.2, 0.25) is 0 Å². The number of aromatic nitrogens is 2. The van der Waals surface area contributed by atoms with Gasteiger partial charge in [-0.2, -0.15) is 5.10 Å². The molecule has 0 unspecified atom stereocenters. The molecule has 0 spiro atoms. The molecule has 1 aromatic heterocycles. The Hall–Kier alpha value is -3.16. The van der Waals surface area contributed by atoms with E-state index in [0.717, 1.165) is 16.9 Å². The molecule has 0 radical (unpaired) electrons. The Kier molecular flexibility index (Phi) is 4.75. The summed E-state index contributed by atoms with van der Waals surface area (Å²) in [6.45, 7) is 4.43. The molecule has 0 saturated heterocycles. The number of fused-ring (bicyclic) bond motifs is 1. The fraction of sp³-hybridized carbons (Fsp3) is 0.333. The summed E-state index contributed by atoms with van der Waals surface area (Å²) >= 11 is 0. The lowest BCUT2D eigenvalue weighted by molar-refractivity contribution is -0.140. The number of nitrogens with zero attached hydrogens (tertiary/aromatic N) is 3. The van der Waals surface area contributed by atoms with Crippen LogP contribution in [0.25, 0.3) is 0 Å². The molecule has 2 N–H and O–H groups in total. The van der Waals surface area contributed by atoms with Gasteiger partial charge in [0.15, 0.2) is 0 Å². The molecule has 26 heavy (non-hydrogen) atoms. The van der Waals surface area contributed by atoms with E-state index in [0.29, 0.717) is 12.1 Å². The second kappa shape index (κ2) is 6.99. The molecule has 8 heteroatoms. The van der Waals surface area contributed by atoms with Gasteiger partial charge in [-0.05, 0) is 19.9 Å². The Morgan fingerprint density at radius 3 is 2.62 bits per heavy atom. The van der Waals surface area contributed by atoms with Crippen LogP contribution in [0.15, 0.2) is 30.5 Å². The molecule has 0 aliphatic carbocycles. The number of hydrogen-bond donors (Lipinski definition) is 2. The monoisotopic (exact) mass is 355 g/mol. The van der Waals surface area contributed by atoms with Crippen molar-refractivity contribution >= 4 is 23.4 Å². The van der Waals surface area contributed by atoms with Crippen LogP contribution < -0.4 is 15.5 Å². The lowest BCUT2D eigenvalue weighted by atomic mass is 10.1. The largest absolute Gasteiger partial charge is 0.344 e. The van der Waals surface area contributed by atoms with Gasteiger partial charge >= 0.3 is 11.8 Å². The zero-order valence-corrected chi connectivity index (χ0v) is 14.9. The first-order chi connectivity index (χ1) is 12.4. The Morgan fingerprint density at radius 1 is 1.23 bits per heavy atom. The Balaban J connectivity index is 1.67. The molecular weight excluding hydrogens is 334 g/mol. The Bertz CT molecular complexity index is 873. The van der Waals surface area contributed by atoms with Crippen molar-refractivity contribution in [1.82, 2.24) is 20.4 Å². The number of carbonyl (C=O) groups is 3. The van der Waals surface area contributed by atoms with Crippen LogP contribution in [-0.4, -0.2) is 34.0 Å². The van der Waals surface area contributed by atoms with Crippen molar-refractivity contribution < 1.29 is 14.4 Å². The molecule has 3 rings (SSSR count). The van der Waals surface area contributed by atoms with Gasteiger partial charge in [0.1, 0.15) is 6.04 Å². The van der Waals surface area contributed by atoms with E-state index in [1.165, 1.54) is 0 Å². The predicted molar refractivity (Wildman–Crippen MR) is 95.1 cm³/mol. The van der Waals surface area contributed by atoms with Crippen LogP contribution in [0.1, 0.15) is 29.8 Å². The summed E-state index contributed by atoms with van der Waals surface area (Å²) in [5.74, 6) is -1.86. The number of para-hydroxylation sites is 1. The van der Waals surface area contributed by atoms with Gasteiger partial charge in [-0.3, -0.25) is 19.1 Å². The summed E-state index contributed by atoms with van der Waals surface area (Å²) < 4.78 is 1.69. The molecule has 2 heterocycles. The van der Waals surface area contributed by atoms with Crippen LogP contribution in [0.4, 0.5) is 5.69 Å². The highest BCUT2D eigenvalue weighted by atomic mass is 16.2. The maximum Gasteiger partial charge on any atom is 0.310 e. The van der Waals surface area contributed by atoms with E-state index in [4.69, 9.17) is 0 Å². The molecular formula is C18H21N5O3. The molecule has 136 valence electrons. The fourth-order valence-electron chi connectivity index (χ4n) is 3.02. The van der Waals surface area contributed by atoms with Gasteiger partial charge < -0.3 is 15.5 Å². The predicted octanol–water partition coefficient (Wildman–Crippen LogP) is 0.569. The molecule has 0 fully saturated rings. The van der Waals surface area contributed by atoms with E-state index < -0.39 is 17.9 Å². The number of likely N-dealkylation sites (N-methyl/N-ethyl adjacent to an activating group) is 1. The molecule has 1 aliphatic heterocycles. The van der Waals surface area contributed by atoms with E-state index in [9.17, 15) is 14.4 Å².